The summed E-state index contributed by atoms with van der Waals surface area (Å²) in [5.41, 5.74) is 1.12. The molecule has 128 valence electrons. The molecule has 2 aromatic carbocycles. The van der Waals surface area contributed by atoms with Crippen LogP contribution >= 0.6 is 0 Å². The fraction of sp³-hybridized carbons (Fsp3) is 0.278. The van der Waals surface area contributed by atoms with Crippen LogP contribution in [0.1, 0.15) is 22.0 Å². The van der Waals surface area contributed by atoms with Crippen LogP contribution in [0.25, 0.3) is 0 Å². The Morgan fingerprint density at radius 2 is 1.54 bits per heavy atom. The number of aliphatic hydroxyl groups excluding tert-OH is 1. The minimum absolute atomic E-state index is 0.0201. The maximum Gasteiger partial charge on any atom is 0.161 e. The summed E-state index contributed by atoms with van der Waals surface area (Å²) in [4.78, 5) is 10.8. The van der Waals surface area contributed by atoms with E-state index in [2.05, 4.69) is 0 Å². The van der Waals surface area contributed by atoms with Gasteiger partial charge in [-0.1, -0.05) is 6.07 Å². The molecule has 0 radical (unpaired) electrons. The molecule has 1 unspecified atom stereocenters. The third-order valence-corrected chi connectivity index (χ3v) is 3.51. The Hall–Kier alpha value is -2.73. The normalized spacial score (nSPS) is 11.5. The van der Waals surface area contributed by atoms with E-state index in [1.54, 1.807) is 43.5 Å². The standard InChI is InChI=1S/C18H20O6/c1-21-15-7-5-13(9-18(15)23-3)14(20)11-24-16-6-4-12(10-19)8-17(16)22-2/h4-10,14,20H,11H2,1-3H3/i20+2. The minimum Gasteiger partial charge on any atom is -0.493 e. The molecular formula is C18H20O6. The van der Waals surface area contributed by atoms with Gasteiger partial charge in [-0.15, -0.1) is 0 Å². The smallest absolute Gasteiger partial charge is 0.161 e. The highest BCUT2D eigenvalue weighted by molar-refractivity contribution is 5.76. The summed E-state index contributed by atoms with van der Waals surface area (Å²) in [6, 6.07) is 9.97. The van der Waals surface area contributed by atoms with Crippen LogP contribution < -0.4 is 18.9 Å². The summed E-state index contributed by atoms with van der Waals surface area (Å²) in [5.74, 6) is 1.99. The first-order valence-electron chi connectivity index (χ1n) is 7.29. The predicted molar refractivity (Wildman–Crippen MR) is 88.4 cm³/mol. The third-order valence-electron chi connectivity index (χ3n) is 3.51. The molecule has 0 aliphatic carbocycles. The van der Waals surface area contributed by atoms with E-state index in [0.717, 1.165) is 6.29 Å². The maximum atomic E-state index is 10.8. The zero-order chi connectivity index (χ0) is 17.5. The lowest BCUT2D eigenvalue weighted by molar-refractivity contribution is 0.106. The summed E-state index contributed by atoms with van der Waals surface area (Å²) in [7, 11) is 4.57. The summed E-state index contributed by atoms with van der Waals surface area (Å²) in [6.07, 6.45) is -0.134. The van der Waals surface area contributed by atoms with Crippen LogP contribution in [0.5, 0.6) is 23.0 Å². The van der Waals surface area contributed by atoms with Gasteiger partial charge in [0.15, 0.2) is 23.0 Å². The van der Waals surface area contributed by atoms with E-state index in [0.29, 0.717) is 34.1 Å². The van der Waals surface area contributed by atoms with Gasteiger partial charge in [0.1, 0.15) is 19.0 Å². The average Bonchev–Trinajstić information content (AvgIpc) is 2.65. The monoisotopic (exact) mass is 334 g/mol. The van der Waals surface area contributed by atoms with Crippen LogP contribution in [0, 0.1) is 0 Å². The molecule has 0 spiro atoms. The van der Waals surface area contributed by atoms with Crippen LogP contribution in [0.2, 0.25) is 0 Å². The second-order valence-corrected chi connectivity index (χ2v) is 4.97. The molecular weight excluding hydrogens is 314 g/mol. The number of aldehydes is 1. The van der Waals surface area contributed by atoms with Gasteiger partial charge in [0.25, 0.3) is 0 Å². The lowest BCUT2D eigenvalue weighted by atomic mass is 10.1. The van der Waals surface area contributed by atoms with Crippen LogP contribution in [0.15, 0.2) is 36.4 Å². The molecule has 0 fully saturated rings. The summed E-state index contributed by atoms with van der Waals surface area (Å²) < 4.78 is 21.2. The quantitative estimate of drug-likeness (QED) is 0.591. The Bertz CT molecular complexity index is 698. The van der Waals surface area contributed by atoms with Crippen molar-refractivity contribution in [3.05, 3.63) is 47.5 Å². The molecule has 2 aromatic rings. The van der Waals surface area contributed by atoms with Crippen molar-refractivity contribution < 1.29 is 28.8 Å². The first-order valence-corrected chi connectivity index (χ1v) is 7.29. The maximum absolute atomic E-state index is 10.8. The van der Waals surface area contributed by atoms with E-state index in [4.69, 9.17) is 18.9 Å². The minimum atomic E-state index is -0.861. The van der Waals surface area contributed by atoms with E-state index in [1.165, 1.54) is 14.2 Å². The van der Waals surface area contributed by atoms with E-state index < -0.39 is 6.10 Å². The molecule has 0 saturated heterocycles. The van der Waals surface area contributed by atoms with E-state index in [-0.39, 0.29) is 6.61 Å². The molecule has 0 saturated carbocycles. The zero-order valence-corrected chi connectivity index (χ0v) is 13.8. The van der Waals surface area contributed by atoms with E-state index in [9.17, 15) is 9.90 Å². The van der Waals surface area contributed by atoms with Gasteiger partial charge in [0.05, 0.1) is 21.3 Å². The zero-order valence-electron chi connectivity index (χ0n) is 13.8. The van der Waals surface area contributed by atoms with Crippen LogP contribution in [0.4, 0.5) is 0 Å². The van der Waals surface area contributed by atoms with Gasteiger partial charge >= 0.3 is 0 Å². The fourth-order valence-corrected chi connectivity index (χ4v) is 2.20. The number of aliphatic hydroxyl groups is 1. The van der Waals surface area contributed by atoms with E-state index in [1.807, 2.05) is 0 Å². The number of carbonyl (C=O) groups excluding carboxylic acids is 1. The molecule has 24 heavy (non-hydrogen) atoms. The van der Waals surface area contributed by atoms with E-state index >= 15 is 0 Å². The molecule has 6 nitrogen and oxygen atoms in total. The van der Waals surface area contributed by atoms with Crippen molar-refractivity contribution in [2.45, 2.75) is 6.10 Å². The molecule has 0 heterocycles. The van der Waals surface area contributed by atoms with Gasteiger partial charge in [-0.2, -0.15) is 0 Å². The van der Waals surface area contributed by atoms with Crippen molar-refractivity contribution in [3.8, 4) is 23.0 Å². The highest BCUT2D eigenvalue weighted by Gasteiger charge is 2.14. The molecule has 6 heteroatoms. The molecule has 2 rings (SSSR count). The van der Waals surface area contributed by atoms with Crippen LogP contribution in [-0.2, 0) is 0 Å². The van der Waals surface area contributed by atoms with Gasteiger partial charge in [0.2, 0.25) is 0 Å². The van der Waals surface area contributed by atoms with Crippen molar-refractivity contribution in [2.75, 3.05) is 27.9 Å². The lowest BCUT2D eigenvalue weighted by Gasteiger charge is -2.16. The Morgan fingerprint density at radius 3 is 2.17 bits per heavy atom. The van der Waals surface area contributed by atoms with Gasteiger partial charge in [-0.05, 0) is 35.9 Å². The molecule has 0 bridgehead atoms. The van der Waals surface area contributed by atoms with Gasteiger partial charge < -0.3 is 24.1 Å². The second-order valence-electron chi connectivity index (χ2n) is 4.97. The lowest BCUT2D eigenvalue weighted by Crippen LogP contribution is -2.10. The largest absolute Gasteiger partial charge is 0.493 e. The van der Waals surface area contributed by atoms with Crippen LogP contribution in [-0.4, -0.2) is 39.3 Å². The second kappa shape index (κ2) is 8.21. The number of hydrogen-bond acceptors (Lipinski definition) is 6. The van der Waals surface area contributed by atoms with Gasteiger partial charge in [-0.3, -0.25) is 4.79 Å². The first kappa shape index (κ1) is 17.6. The third kappa shape index (κ3) is 3.97. The number of rotatable bonds is 8. The number of benzene rings is 2. The predicted octanol–water partition coefficient (Wildman–Crippen LogP) is 2.64. The molecule has 1 N–H and O–H groups in total. The fourth-order valence-electron chi connectivity index (χ4n) is 2.20. The van der Waals surface area contributed by atoms with Crippen molar-refractivity contribution in [2.24, 2.45) is 0 Å². The van der Waals surface area contributed by atoms with Gasteiger partial charge in [0, 0.05) is 5.56 Å². The molecule has 1 atom stereocenters. The highest BCUT2D eigenvalue weighted by atomic mass is 18.2. The van der Waals surface area contributed by atoms with Crippen molar-refractivity contribution in [1.82, 2.24) is 0 Å². The Labute approximate surface area is 140 Å². The molecule has 0 aliphatic heterocycles. The number of ether oxygens (including phenoxy) is 4. The summed E-state index contributed by atoms with van der Waals surface area (Å²) in [5, 5.41) is 10.3. The first-order chi connectivity index (χ1) is 11.6. The van der Waals surface area contributed by atoms with Gasteiger partial charge in [-0.25, -0.2) is 0 Å². The summed E-state index contributed by atoms with van der Waals surface area (Å²) >= 11 is 0. The van der Waals surface area contributed by atoms with Crippen molar-refractivity contribution in [1.29, 1.82) is 0 Å². The highest BCUT2D eigenvalue weighted by Crippen LogP contribution is 2.31. The number of carbonyl (C=O) groups is 1. The average molecular weight is 334 g/mol. The van der Waals surface area contributed by atoms with Crippen molar-refractivity contribution in [3.63, 3.8) is 0 Å². The number of methoxy groups -OCH3 is 3. The SMILES string of the molecule is COc1ccc(C([18OH])COc2ccc(C=O)cc2OC)cc1OC. The molecule has 0 aliphatic rings. The van der Waals surface area contributed by atoms with Crippen molar-refractivity contribution >= 4 is 6.29 Å². The topological polar surface area (TPSA) is 74.2 Å². The summed E-state index contributed by atoms with van der Waals surface area (Å²) in [6.45, 7) is 0.0201. The molecule has 0 amide bonds. The Kier molecular flexibility index (Phi) is 6.03. The number of hydrogen-bond donors (Lipinski definition) is 1. The Balaban J connectivity index is 2.10. The Morgan fingerprint density at radius 1 is 0.917 bits per heavy atom. The van der Waals surface area contributed by atoms with Crippen LogP contribution in [0.3, 0.4) is 0 Å². The molecule has 0 aromatic heterocycles.